The summed E-state index contributed by atoms with van der Waals surface area (Å²) < 4.78 is 10.3. The molecule has 0 heterocycles. The molecule has 0 spiro atoms. The van der Waals surface area contributed by atoms with Crippen LogP contribution in [-0.2, 0) is 4.79 Å². The highest BCUT2D eigenvalue weighted by Gasteiger charge is 2.10. The molecule has 1 aromatic carbocycles. The van der Waals surface area contributed by atoms with Crippen LogP contribution in [0.2, 0.25) is 0 Å². The van der Waals surface area contributed by atoms with Crippen LogP contribution in [0.4, 0.5) is 4.79 Å². The minimum absolute atomic E-state index is 0.251. The first kappa shape index (κ1) is 16.2. The van der Waals surface area contributed by atoms with E-state index in [4.69, 9.17) is 9.47 Å². The minimum Gasteiger partial charge on any atom is -0.493 e. The highest BCUT2D eigenvalue weighted by atomic mass is 16.5. The van der Waals surface area contributed by atoms with Gasteiger partial charge in [-0.05, 0) is 18.2 Å². The molecule has 7 nitrogen and oxygen atoms in total. The van der Waals surface area contributed by atoms with Gasteiger partial charge in [0.2, 0.25) is 0 Å². The average molecular weight is 292 g/mol. The van der Waals surface area contributed by atoms with E-state index in [1.54, 1.807) is 0 Å². The maximum Gasteiger partial charge on any atom is 0.321 e. The fourth-order valence-electron chi connectivity index (χ4n) is 1.39. The number of urea groups is 1. The Kier molecular flexibility index (Phi) is 6.46. The van der Waals surface area contributed by atoms with E-state index < -0.39 is 11.9 Å². The van der Waals surface area contributed by atoms with Crippen LogP contribution in [0.25, 0.3) is 0 Å². The third-order valence-corrected chi connectivity index (χ3v) is 2.34. The van der Waals surface area contributed by atoms with Gasteiger partial charge in [0.15, 0.2) is 18.1 Å². The number of imide groups is 1. The molecule has 0 bridgehead atoms. The highest BCUT2D eigenvalue weighted by molar-refractivity contribution is 5.95. The molecule has 7 heteroatoms. The minimum atomic E-state index is -0.633. The van der Waals surface area contributed by atoms with Gasteiger partial charge >= 0.3 is 6.03 Å². The molecule has 3 amide bonds. The molecule has 0 saturated heterocycles. The van der Waals surface area contributed by atoms with E-state index in [0.717, 1.165) is 0 Å². The quantitative estimate of drug-likeness (QED) is 0.575. The van der Waals surface area contributed by atoms with E-state index in [1.807, 2.05) is 0 Å². The number of methoxy groups -OCH3 is 1. The van der Waals surface area contributed by atoms with E-state index in [0.29, 0.717) is 23.3 Å². The van der Waals surface area contributed by atoms with Crippen molar-refractivity contribution in [2.75, 3.05) is 20.3 Å². The molecule has 0 saturated carbocycles. The normalized spacial score (nSPS) is 9.38. The molecule has 0 atom stereocenters. The van der Waals surface area contributed by atoms with E-state index in [-0.39, 0.29) is 13.2 Å². The van der Waals surface area contributed by atoms with Crippen molar-refractivity contribution in [2.24, 2.45) is 0 Å². The summed E-state index contributed by atoms with van der Waals surface area (Å²) in [6, 6.07) is 3.89. The first-order chi connectivity index (χ1) is 10.1. The lowest BCUT2D eigenvalue weighted by molar-refractivity contribution is -0.122. The number of nitrogens with one attached hydrogen (secondary N) is 2. The Morgan fingerprint density at radius 1 is 1.33 bits per heavy atom. The number of benzene rings is 1. The molecule has 0 unspecified atom stereocenters. The van der Waals surface area contributed by atoms with Crippen LogP contribution < -0.4 is 20.1 Å². The Morgan fingerprint density at radius 3 is 2.71 bits per heavy atom. The van der Waals surface area contributed by atoms with E-state index in [9.17, 15) is 14.4 Å². The molecule has 0 fully saturated rings. The van der Waals surface area contributed by atoms with Crippen LogP contribution in [0.5, 0.6) is 11.5 Å². The van der Waals surface area contributed by atoms with Gasteiger partial charge in [0.05, 0.1) is 7.11 Å². The van der Waals surface area contributed by atoms with Crippen molar-refractivity contribution >= 4 is 18.2 Å². The Hall–Kier alpha value is -2.83. The summed E-state index contributed by atoms with van der Waals surface area (Å²) in [5.41, 5.74) is 0.424. The largest absolute Gasteiger partial charge is 0.493 e. The van der Waals surface area contributed by atoms with Crippen molar-refractivity contribution in [3.63, 3.8) is 0 Å². The van der Waals surface area contributed by atoms with Crippen LogP contribution in [0.15, 0.2) is 30.9 Å². The summed E-state index contributed by atoms with van der Waals surface area (Å²) >= 11 is 0. The average Bonchev–Trinajstić information content (AvgIpc) is 2.50. The zero-order valence-electron chi connectivity index (χ0n) is 11.5. The Bertz CT molecular complexity index is 542. The molecule has 0 aliphatic carbocycles. The Labute approximate surface area is 121 Å². The molecule has 2 N–H and O–H groups in total. The molecule has 112 valence electrons. The highest BCUT2D eigenvalue weighted by Crippen LogP contribution is 2.27. The summed E-state index contributed by atoms with van der Waals surface area (Å²) in [5, 5.41) is 4.48. The Balaban J connectivity index is 2.54. The smallest absolute Gasteiger partial charge is 0.321 e. The zero-order valence-corrected chi connectivity index (χ0v) is 11.5. The summed E-state index contributed by atoms with van der Waals surface area (Å²) in [6.45, 7) is 3.32. The molecule has 1 aromatic rings. The van der Waals surface area contributed by atoms with E-state index >= 15 is 0 Å². The summed E-state index contributed by atoms with van der Waals surface area (Å²) in [7, 11) is 1.42. The predicted octanol–water partition coefficient (Wildman–Crippen LogP) is 0.898. The zero-order chi connectivity index (χ0) is 15.7. The number of aldehydes is 1. The second-order valence-electron chi connectivity index (χ2n) is 3.86. The summed E-state index contributed by atoms with van der Waals surface area (Å²) in [4.78, 5) is 33.4. The molecule has 0 aliphatic rings. The number of hydrogen-bond donors (Lipinski definition) is 2. The van der Waals surface area contributed by atoms with Gasteiger partial charge in [0, 0.05) is 12.1 Å². The monoisotopic (exact) mass is 292 g/mol. The second kappa shape index (κ2) is 8.36. The van der Waals surface area contributed by atoms with Gasteiger partial charge in [0.25, 0.3) is 5.91 Å². The molecular weight excluding hydrogens is 276 g/mol. The topological polar surface area (TPSA) is 93.7 Å². The maximum atomic E-state index is 11.5. The first-order valence-corrected chi connectivity index (χ1v) is 6.05. The first-order valence-electron chi connectivity index (χ1n) is 6.05. The number of carbonyl (C=O) groups excluding carboxylic acids is 3. The van der Waals surface area contributed by atoms with Crippen molar-refractivity contribution in [1.82, 2.24) is 10.6 Å². The number of amides is 3. The van der Waals surface area contributed by atoms with Crippen molar-refractivity contribution in [1.29, 1.82) is 0 Å². The van der Waals surface area contributed by atoms with Crippen molar-refractivity contribution < 1.29 is 23.9 Å². The van der Waals surface area contributed by atoms with E-state index in [1.165, 1.54) is 31.4 Å². The second-order valence-corrected chi connectivity index (χ2v) is 3.86. The SMILES string of the molecule is C=CCNC(=O)NC(=O)COc1ccc(C=O)cc1OC. The lowest BCUT2D eigenvalue weighted by Gasteiger charge is -2.11. The predicted molar refractivity (Wildman–Crippen MR) is 75.6 cm³/mol. The third kappa shape index (κ3) is 5.35. The number of hydrogen-bond acceptors (Lipinski definition) is 5. The van der Waals surface area contributed by atoms with Crippen molar-refractivity contribution in [3.8, 4) is 11.5 Å². The standard InChI is InChI=1S/C14H16N2O5/c1-3-6-15-14(19)16-13(18)9-21-11-5-4-10(8-17)7-12(11)20-2/h3-5,7-8H,1,6,9H2,2H3,(H2,15,16,18,19). The summed E-state index contributed by atoms with van der Waals surface area (Å²) in [5.74, 6) is 0.00587. The fourth-order valence-corrected chi connectivity index (χ4v) is 1.39. The Morgan fingerprint density at radius 2 is 2.10 bits per heavy atom. The van der Waals surface area contributed by atoms with Crippen molar-refractivity contribution in [2.45, 2.75) is 0 Å². The molecule has 21 heavy (non-hydrogen) atoms. The van der Waals surface area contributed by atoms with Crippen molar-refractivity contribution in [3.05, 3.63) is 36.4 Å². The molecular formula is C14H16N2O5. The van der Waals surface area contributed by atoms with Gasteiger partial charge in [-0.2, -0.15) is 0 Å². The molecule has 1 rings (SSSR count). The number of ether oxygens (including phenoxy) is 2. The van der Waals surface area contributed by atoms with Crippen LogP contribution in [0, 0.1) is 0 Å². The molecule has 0 aromatic heterocycles. The van der Waals surface area contributed by atoms with Crippen LogP contribution in [0.1, 0.15) is 10.4 Å². The maximum absolute atomic E-state index is 11.5. The van der Waals surface area contributed by atoms with Crippen LogP contribution in [-0.4, -0.2) is 38.5 Å². The van der Waals surface area contributed by atoms with Gasteiger partial charge in [-0.15, -0.1) is 6.58 Å². The molecule has 0 aliphatic heterocycles. The number of rotatable bonds is 7. The van der Waals surface area contributed by atoms with E-state index in [2.05, 4.69) is 17.2 Å². The van der Waals surface area contributed by atoms with Crippen LogP contribution in [0.3, 0.4) is 0 Å². The lowest BCUT2D eigenvalue weighted by atomic mass is 10.2. The summed E-state index contributed by atoms with van der Waals surface area (Å²) in [6.07, 6.45) is 2.16. The van der Waals surface area contributed by atoms with Gasteiger partial charge in [0.1, 0.15) is 6.29 Å². The van der Waals surface area contributed by atoms with Crippen LogP contribution >= 0.6 is 0 Å². The fraction of sp³-hybridized carbons (Fsp3) is 0.214. The lowest BCUT2D eigenvalue weighted by Crippen LogP contribution is -2.41. The van der Waals surface area contributed by atoms with Gasteiger partial charge < -0.3 is 14.8 Å². The van der Waals surface area contributed by atoms with Gasteiger partial charge in [-0.1, -0.05) is 6.08 Å². The molecule has 0 radical (unpaired) electrons. The van der Waals surface area contributed by atoms with Gasteiger partial charge in [-0.25, -0.2) is 4.79 Å². The van der Waals surface area contributed by atoms with Gasteiger partial charge in [-0.3, -0.25) is 14.9 Å². The number of carbonyl (C=O) groups is 3. The third-order valence-electron chi connectivity index (χ3n) is 2.34.